The van der Waals surface area contributed by atoms with E-state index in [-0.39, 0.29) is 16.3 Å². The van der Waals surface area contributed by atoms with E-state index >= 15 is 0 Å². The molecule has 1 amide bonds. The van der Waals surface area contributed by atoms with Crippen LogP contribution < -0.4 is 10.6 Å². The van der Waals surface area contributed by atoms with E-state index in [0.717, 1.165) is 5.56 Å². The SMILES string of the molecule is Cc1cccc(NC(=O)/C(C#N)=C\Nc2ccc(Cl)c([N+](=O)[O-])c2)c1. The van der Waals surface area contributed by atoms with Gasteiger partial charge in [0, 0.05) is 23.6 Å². The molecule has 2 rings (SSSR count). The summed E-state index contributed by atoms with van der Waals surface area (Å²) in [5, 5.41) is 25.3. The van der Waals surface area contributed by atoms with Crippen molar-refractivity contribution < 1.29 is 9.72 Å². The van der Waals surface area contributed by atoms with Crippen molar-refractivity contribution in [1.82, 2.24) is 0 Å². The molecule has 0 fully saturated rings. The predicted molar refractivity (Wildman–Crippen MR) is 95.2 cm³/mol. The lowest BCUT2D eigenvalue weighted by molar-refractivity contribution is -0.384. The van der Waals surface area contributed by atoms with Gasteiger partial charge in [0.1, 0.15) is 16.7 Å². The van der Waals surface area contributed by atoms with Crippen LogP contribution in [0.4, 0.5) is 17.1 Å². The average molecular weight is 357 g/mol. The number of nitriles is 1. The summed E-state index contributed by atoms with van der Waals surface area (Å²) in [6, 6.07) is 13.0. The molecule has 0 heterocycles. The predicted octanol–water partition coefficient (Wildman–Crippen LogP) is 4.01. The van der Waals surface area contributed by atoms with E-state index in [1.54, 1.807) is 24.3 Å². The number of nitrogens with zero attached hydrogens (tertiary/aromatic N) is 2. The van der Waals surface area contributed by atoms with Gasteiger partial charge < -0.3 is 10.6 Å². The molecule has 0 saturated heterocycles. The van der Waals surface area contributed by atoms with Gasteiger partial charge >= 0.3 is 0 Å². The zero-order chi connectivity index (χ0) is 18.4. The number of carbonyl (C=O) groups is 1. The summed E-state index contributed by atoms with van der Waals surface area (Å²) in [6.07, 6.45) is 1.18. The van der Waals surface area contributed by atoms with Crippen molar-refractivity contribution in [3.8, 4) is 6.07 Å². The average Bonchev–Trinajstić information content (AvgIpc) is 2.56. The number of nitrogens with one attached hydrogen (secondary N) is 2. The lowest BCUT2D eigenvalue weighted by Crippen LogP contribution is -2.14. The van der Waals surface area contributed by atoms with Crippen LogP contribution >= 0.6 is 11.6 Å². The molecule has 8 heteroatoms. The normalized spacial score (nSPS) is 10.7. The van der Waals surface area contributed by atoms with Crippen LogP contribution in [0.2, 0.25) is 5.02 Å². The number of amides is 1. The zero-order valence-electron chi connectivity index (χ0n) is 13.1. The van der Waals surface area contributed by atoms with E-state index in [9.17, 15) is 14.9 Å². The van der Waals surface area contributed by atoms with Crippen LogP contribution in [-0.4, -0.2) is 10.8 Å². The monoisotopic (exact) mass is 356 g/mol. The molecule has 2 aromatic carbocycles. The second-order valence-corrected chi connectivity index (χ2v) is 5.47. The molecule has 0 atom stereocenters. The summed E-state index contributed by atoms with van der Waals surface area (Å²) < 4.78 is 0. The van der Waals surface area contributed by atoms with Gasteiger partial charge in [-0.15, -0.1) is 0 Å². The molecule has 0 bridgehead atoms. The summed E-state index contributed by atoms with van der Waals surface area (Å²) in [4.78, 5) is 22.4. The highest BCUT2D eigenvalue weighted by Crippen LogP contribution is 2.27. The fourth-order valence-electron chi connectivity index (χ4n) is 1.97. The smallest absolute Gasteiger partial charge is 0.289 e. The number of rotatable bonds is 5. The first-order valence-electron chi connectivity index (χ1n) is 7.09. The first kappa shape index (κ1) is 18.0. The molecule has 0 radical (unpaired) electrons. The third kappa shape index (κ3) is 4.80. The van der Waals surface area contributed by atoms with Crippen molar-refractivity contribution >= 4 is 34.6 Å². The lowest BCUT2D eigenvalue weighted by atomic mass is 10.2. The number of carbonyl (C=O) groups excluding carboxylic acids is 1. The van der Waals surface area contributed by atoms with Crippen LogP contribution in [0.5, 0.6) is 0 Å². The maximum Gasteiger partial charge on any atom is 0.289 e. The summed E-state index contributed by atoms with van der Waals surface area (Å²) in [7, 11) is 0. The molecule has 25 heavy (non-hydrogen) atoms. The van der Waals surface area contributed by atoms with Crippen molar-refractivity contribution in [1.29, 1.82) is 5.26 Å². The van der Waals surface area contributed by atoms with E-state index in [1.807, 2.05) is 13.0 Å². The molecule has 7 nitrogen and oxygen atoms in total. The van der Waals surface area contributed by atoms with E-state index in [0.29, 0.717) is 11.4 Å². The molecule has 2 N–H and O–H groups in total. The van der Waals surface area contributed by atoms with Crippen LogP contribution in [0.3, 0.4) is 0 Å². The van der Waals surface area contributed by atoms with Crippen molar-refractivity contribution in [2.24, 2.45) is 0 Å². The van der Waals surface area contributed by atoms with Gasteiger partial charge in [-0.2, -0.15) is 5.26 Å². The highest BCUT2D eigenvalue weighted by atomic mass is 35.5. The molecule has 0 spiro atoms. The minimum atomic E-state index is -0.618. The first-order valence-corrected chi connectivity index (χ1v) is 7.47. The van der Waals surface area contributed by atoms with E-state index in [2.05, 4.69) is 10.6 Å². The van der Waals surface area contributed by atoms with Gasteiger partial charge in [-0.3, -0.25) is 14.9 Å². The lowest BCUT2D eigenvalue weighted by Gasteiger charge is -2.06. The highest BCUT2D eigenvalue weighted by molar-refractivity contribution is 6.32. The van der Waals surface area contributed by atoms with Gasteiger partial charge in [-0.25, -0.2) is 0 Å². The fourth-order valence-corrected chi connectivity index (χ4v) is 2.15. The van der Waals surface area contributed by atoms with Crippen LogP contribution in [0, 0.1) is 28.4 Å². The Balaban J connectivity index is 2.15. The van der Waals surface area contributed by atoms with E-state index in [1.165, 1.54) is 24.4 Å². The Bertz CT molecular complexity index is 903. The molecule has 0 aliphatic rings. The Morgan fingerprint density at radius 2 is 2.04 bits per heavy atom. The molecule has 0 aromatic heterocycles. The van der Waals surface area contributed by atoms with E-state index < -0.39 is 10.8 Å². The fraction of sp³-hybridized carbons (Fsp3) is 0.0588. The van der Waals surface area contributed by atoms with Gasteiger partial charge in [0.15, 0.2) is 0 Å². The number of anilines is 2. The second-order valence-electron chi connectivity index (χ2n) is 5.06. The van der Waals surface area contributed by atoms with Crippen LogP contribution in [-0.2, 0) is 4.79 Å². The summed E-state index contributed by atoms with van der Waals surface area (Å²) >= 11 is 5.73. The van der Waals surface area contributed by atoms with Gasteiger partial charge in [-0.05, 0) is 36.8 Å². The second kappa shape index (κ2) is 7.95. The van der Waals surface area contributed by atoms with Crippen molar-refractivity contribution in [2.45, 2.75) is 6.92 Å². The van der Waals surface area contributed by atoms with Gasteiger partial charge in [-0.1, -0.05) is 23.7 Å². The van der Waals surface area contributed by atoms with Crippen LogP contribution in [0.1, 0.15) is 5.56 Å². The summed E-state index contributed by atoms with van der Waals surface area (Å²) in [5.74, 6) is -0.593. The molecule has 0 aliphatic carbocycles. The van der Waals surface area contributed by atoms with Crippen LogP contribution in [0.15, 0.2) is 54.2 Å². The quantitative estimate of drug-likeness (QED) is 0.364. The van der Waals surface area contributed by atoms with Gasteiger partial charge in [0.2, 0.25) is 0 Å². The Labute approximate surface area is 148 Å². The van der Waals surface area contributed by atoms with E-state index in [4.69, 9.17) is 16.9 Å². The standard InChI is InChI=1S/C17H13ClN4O3/c1-11-3-2-4-14(7-11)21-17(23)12(9-19)10-20-13-5-6-15(18)16(8-13)22(24)25/h2-8,10,20H,1H3,(H,21,23)/b12-10-. The van der Waals surface area contributed by atoms with Gasteiger partial charge in [0.25, 0.3) is 11.6 Å². The largest absolute Gasteiger partial charge is 0.360 e. The molecule has 0 unspecified atom stereocenters. The van der Waals surface area contributed by atoms with Gasteiger partial charge in [0.05, 0.1) is 4.92 Å². The highest BCUT2D eigenvalue weighted by Gasteiger charge is 2.13. The zero-order valence-corrected chi connectivity index (χ0v) is 13.9. The number of halogens is 1. The number of hydrogen-bond donors (Lipinski definition) is 2. The molecular weight excluding hydrogens is 344 g/mol. The van der Waals surface area contributed by atoms with Crippen molar-refractivity contribution in [3.05, 3.63) is 74.9 Å². The number of aryl methyl sites for hydroxylation is 1. The van der Waals surface area contributed by atoms with Crippen LogP contribution in [0.25, 0.3) is 0 Å². The Morgan fingerprint density at radius 1 is 1.28 bits per heavy atom. The number of benzene rings is 2. The molecule has 0 aliphatic heterocycles. The number of nitro groups is 1. The maximum atomic E-state index is 12.1. The Morgan fingerprint density at radius 3 is 2.68 bits per heavy atom. The topological polar surface area (TPSA) is 108 Å². The molecular formula is C17H13ClN4O3. The van der Waals surface area contributed by atoms with Crippen molar-refractivity contribution in [2.75, 3.05) is 10.6 Å². The third-order valence-corrected chi connectivity index (χ3v) is 3.49. The summed E-state index contributed by atoms with van der Waals surface area (Å²) in [6.45, 7) is 1.88. The molecule has 2 aromatic rings. The maximum absolute atomic E-state index is 12.1. The third-order valence-electron chi connectivity index (χ3n) is 3.17. The van der Waals surface area contributed by atoms with Crippen molar-refractivity contribution in [3.63, 3.8) is 0 Å². The first-order chi connectivity index (χ1) is 11.9. The number of hydrogen-bond acceptors (Lipinski definition) is 5. The Hall–Kier alpha value is -3.37. The molecule has 126 valence electrons. The minimum absolute atomic E-state index is 0.00257. The Kier molecular flexibility index (Phi) is 5.71. The molecule has 0 saturated carbocycles. The minimum Gasteiger partial charge on any atom is -0.360 e. The summed E-state index contributed by atoms with van der Waals surface area (Å²) in [5.41, 5.74) is 1.40. The number of nitro benzene ring substituents is 1.